The van der Waals surface area contributed by atoms with Gasteiger partial charge in [0.05, 0.1) is 4.92 Å². The predicted octanol–water partition coefficient (Wildman–Crippen LogP) is 3.54. The Morgan fingerprint density at radius 1 is 1.30 bits per heavy atom. The standard InChI is InChI=1S/C13H11F2N3O2/c14-13(15)10-4-2-1-3-9(10)7-17-11-5-6-16-8-12(11)18(19)20/h1-6,8,13H,7H2,(H,16,17). The summed E-state index contributed by atoms with van der Waals surface area (Å²) in [6.07, 6.45) is -0.0733. The van der Waals surface area contributed by atoms with Gasteiger partial charge < -0.3 is 5.32 Å². The largest absolute Gasteiger partial charge is 0.375 e. The smallest absolute Gasteiger partial charge is 0.310 e. The summed E-state index contributed by atoms with van der Waals surface area (Å²) in [5, 5.41) is 13.6. The second kappa shape index (κ2) is 6.05. The van der Waals surface area contributed by atoms with E-state index in [1.54, 1.807) is 12.1 Å². The molecule has 104 valence electrons. The summed E-state index contributed by atoms with van der Waals surface area (Å²) in [6, 6.07) is 7.50. The molecule has 0 spiro atoms. The van der Waals surface area contributed by atoms with Gasteiger partial charge in [-0.3, -0.25) is 15.1 Å². The minimum absolute atomic E-state index is 0.0748. The van der Waals surface area contributed by atoms with Gasteiger partial charge in [-0.05, 0) is 11.6 Å². The van der Waals surface area contributed by atoms with E-state index in [2.05, 4.69) is 10.3 Å². The zero-order chi connectivity index (χ0) is 14.5. The van der Waals surface area contributed by atoms with Crippen molar-refractivity contribution in [1.82, 2.24) is 4.98 Å². The van der Waals surface area contributed by atoms with Gasteiger partial charge in [0.1, 0.15) is 11.9 Å². The maximum atomic E-state index is 12.8. The summed E-state index contributed by atoms with van der Waals surface area (Å²) < 4.78 is 25.6. The number of hydrogen-bond acceptors (Lipinski definition) is 4. The van der Waals surface area contributed by atoms with Gasteiger partial charge in [-0.25, -0.2) is 8.78 Å². The van der Waals surface area contributed by atoms with E-state index in [0.717, 1.165) is 6.20 Å². The number of nitrogens with one attached hydrogen (secondary N) is 1. The van der Waals surface area contributed by atoms with Crippen LogP contribution in [0.1, 0.15) is 17.6 Å². The minimum atomic E-state index is -2.58. The van der Waals surface area contributed by atoms with Gasteiger partial charge in [-0.1, -0.05) is 24.3 Å². The summed E-state index contributed by atoms with van der Waals surface area (Å²) in [6.45, 7) is 0.0748. The second-order valence-electron chi connectivity index (χ2n) is 4.00. The molecule has 0 aliphatic rings. The molecular formula is C13H11F2N3O2. The fourth-order valence-electron chi connectivity index (χ4n) is 1.78. The molecule has 1 heterocycles. The molecular weight excluding hydrogens is 268 g/mol. The van der Waals surface area contributed by atoms with Crippen molar-refractivity contribution in [3.8, 4) is 0 Å². The molecule has 0 saturated carbocycles. The Bertz CT molecular complexity index is 620. The summed E-state index contributed by atoms with van der Waals surface area (Å²) in [5.41, 5.74) is 0.362. The van der Waals surface area contributed by atoms with Crippen molar-refractivity contribution >= 4 is 11.4 Å². The highest BCUT2D eigenvalue weighted by atomic mass is 19.3. The average Bonchev–Trinajstić information content (AvgIpc) is 2.45. The SMILES string of the molecule is O=[N+]([O-])c1cnccc1NCc1ccccc1C(F)F. The van der Waals surface area contributed by atoms with Crippen LogP contribution in [0.15, 0.2) is 42.7 Å². The Morgan fingerprint density at radius 3 is 2.75 bits per heavy atom. The fraction of sp³-hybridized carbons (Fsp3) is 0.154. The highest BCUT2D eigenvalue weighted by Crippen LogP contribution is 2.26. The number of hydrogen-bond donors (Lipinski definition) is 1. The van der Waals surface area contributed by atoms with Crippen molar-refractivity contribution in [2.75, 3.05) is 5.32 Å². The number of benzene rings is 1. The zero-order valence-electron chi connectivity index (χ0n) is 10.3. The van der Waals surface area contributed by atoms with E-state index < -0.39 is 11.3 Å². The number of alkyl halides is 2. The van der Waals surface area contributed by atoms with E-state index in [-0.39, 0.29) is 23.5 Å². The molecule has 1 N–H and O–H groups in total. The predicted molar refractivity (Wildman–Crippen MR) is 69.6 cm³/mol. The van der Waals surface area contributed by atoms with Crippen molar-refractivity contribution in [1.29, 1.82) is 0 Å². The van der Waals surface area contributed by atoms with Crippen LogP contribution in [0.4, 0.5) is 20.2 Å². The molecule has 5 nitrogen and oxygen atoms in total. The van der Waals surface area contributed by atoms with Crippen LogP contribution >= 0.6 is 0 Å². The Morgan fingerprint density at radius 2 is 2.05 bits per heavy atom. The first-order valence-electron chi connectivity index (χ1n) is 5.78. The third kappa shape index (κ3) is 3.05. The lowest BCUT2D eigenvalue weighted by Gasteiger charge is -2.10. The number of pyridine rings is 1. The van der Waals surface area contributed by atoms with Crippen LogP contribution < -0.4 is 5.32 Å². The lowest BCUT2D eigenvalue weighted by molar-refractivity contribution is -0.384. The molecule has 2 rings (SSSR count). The van der Waals surface area contributed by atoms with Gasteiger partial charge in [-0.15, -0.1) is 0 Å². The summed E-state index contributed by atoms with van der Waals surface area (Å²) in [5.74, 6) is 0. The van der Waals surface area contributed by atoms with Crippen LogP contribution in [0.2, 0.25) is 0 Å². The topological polar surface area (TPSA) is 68.1 Å². The van der Waals surface area contributed by atoms with Crippen LogP contribution in [0.25, 0.3) is 0 Å². The fourth-order valence-corrected chi connectivity index (χ4v) is 1.78. The number of anilines is 1. The quantitative estimate of drug-likeness (QED) is 0.671. The Labute approximate surface area is 113 Å². The van der Waals surface area contributed by atoms with Gasteiger partial charge in [0.25, 0.3) is 6.43 Å². The van der Waals surface area contributed by atoms with Gasteiger partial charge in [0, 0.05) is 18.3 Å². The molecule has 7 heteroatoms. The van der Waals surface area contributed by atoms with E-state index in [1.165, 1.54) is 24.4 Å². The molecule has 0 bridgehead atoms. The van der Waals surface area contributed by atoms with Crippen LogP contribution in [-0.2, 0) is 6.54 Å². The van der Waals surface area contributed by atoms with Gasteiger partial charge in [0.15, 0.2) is 0 Å². The van der Waals surface area contributed by atoms with E-state index in [0.29, 0.717) is 5.56 Å². The molecule has 0 atom stereocenters. The first-order valence-corrected chi connectivity index (χ1v) is 5.78. The zero-order valence-corrected chi connectivity index (χ0v) is 10.3. The van der Waals surface area contributed by atoms with Crippen molar-refractivity contribution in [3.05, 3.63) is 64.0 Å². The molecule has 0 amide bonds. The summed E-state index contributed by atoms with van der Waals surface area (Å²) in [7, 11) is 0. The van der Waals surface area contributed by atoms with Gasteiger partial charge in [0.2, 0.25) is 0 Å². The first-order chi connectivity index (χ1) is 9.59. The molecule has 20 heavy (non-hydrogen) atoms. The van der Waals surface area contributed by atoms with Crippen LogP contribution in [0.5, 0.6) is 0 Å². The molecule has 0 aliphatic carbocycles. The third-order valence-electron chi connectivity index (χ3n) is 2.76. The van der Waals surface area contributed by atoms with Crippen molar-refractivity contribution in [2.45, 2.75) is 13.0 Å². The summed E-state index contributed by atoms with van der Waals surface area (Å²) in [4.78, 5) is 13.9. The lowest BCUT2D eigenvalue weighted by atomic mass is 10.1. The van der Waals surface area contributed by atoms with E-state index in [1.807, 2.05) is 0 Å². The number of halogens is 2. The highest BCUT2D eigenvalue weighted by molar-refractivity contribution is 5.59. The van der Waals surface area contributed by atoms with Gasteiger partial charge >= 0.3 is 5.69 Å². The molecule has 1 aromatic heterocycles. The van der Waals surface area contributed by atoms with E-state index in [4.69, 9.17) is 0 Å². The Kier molecular flexibility index (Phi) is 4.19. The number of nitro groups is 1. The molecule has 2 aromatic rings. The normalized spacial score (nSPS) is 10.6. The number of aromatic nitrogens is 1. The van der Waals surface area contributed by atoms with Gasteiger partial charge in [-0.2, -0.15) is 0 Å². The second-order valence-corrected chi connectivity index (χ2v) is 4.00. The molecule has 1 aromatic carbocycles. The highest BCUT2D eigenvalue weighted by Gasteiger charge is 2.15. The Balaban J connectivity index is 2.20. The maximum absolute atomic E-state index is 12.8. The van der Waals surface area contributed by atoms with Crippen LogP contribution in [0.3, 0.4) is 0 Å². The van der Waals surface area contributed by atoms with E-state index >= 15 is 0 Å². The monoisotopic (exact) mass is 279 g/mol. The average molecular weight is 279 g/mol. The van der Waals surface area contributed by atoms with Crippen molar-refractivity contribution < 1.29 is 13.7 Å². The molecule has 0 fully saturated rings. The van der Waals surface area contributed by atoms with Crippen LogP contribution in [0, 0.1) is 10.1 Å². The van der Waals surface area contributed by atoms with Crippen molar-refractivity contribution in [2.24, 2.45) is 0 Å². The summed E-state index contributed by atoms with van der Waals surface area (Å²) >= 11 is 0. The van der Waals surface area contributed by atoms with Crippen molar-refractivity contribution in [3.63, 3.8) is 0 Å². The molecule has 0 unspecified atom stereocenters. The lowest BCUT2D eigenvalue weighted by Crippen LogP contribution is -2.05. The molecule has 0 aliphatic heterocycles. The molecule has 0 radical (unpaired) electrons. The maximum Gasteiger partial charge on any atom is 0.310 e. The number of rotatable bonds is 5. The Hall–Kier alpha value is -2.57. The van der Waals surface area contributed by atoms with E-state index in [9.17, 15) is 18.9 Å². The minimum Gasteiger partial charge on any atom is -0.375 e. The number of nitrogens with zero attached hydrogens (tertiary/aromatic N) is 2. The first kappa shape index (κ1) is 13.9. The third-order valence-corrected chi connectivity index (χ3v) is 2.76. The van der Waals surface area contributed by atoms with Crippen LogP contribution in [-0.4, -0.2) is 9.91 Å². The molecule has 0 saturated heterocycles.